The van der Waals surface area contributed by atoms with E-state index in [1.54, 1.807) is 17.6 Å². The highest BCUT2D eigenvalue weighted by Gasteiger charge is 1.93. The zero-order valence-electron chi connectivity index (χ0n) is 7.08. The second kappa shape index (κ2) is 5.45. The Morgan fingerprint density at radius 2 is 2.50 bits per heavy atom. The molecular weight excluding hydrogens is 190 g/mol. The molecule has 2 nitrogen and oxygen atoms in total. The van der Waals surface area contributed by atoms with Gasteiger partial charge in [0, 0.05) is 40.8 Å². The van der Waals surface area contributed by atoms with E-state index in [1.807, 2.05) is 6.07 Å². The van der Waals surface area contributed by atoms with E-state index in [0.717, 1.165) is 18.8 Å². The lowest BCUT2D eigenvalue weighted by atomic mass is 10.4. The zero-order valence-corrected chi connectivity index (χ0v) is 8.71. The third-order valence-corrected chi connectivity index (χ3v) is 3.10. The van der Waals surface area contributed by atoms with E-state index in [0.29, 0.717) is 0 Å². The normalized spacial score (nSPS) is 13.1. The van der Waals surface area contributed by atoms with Crippen molar-refractivity contribution in [1.29, 1.82) is 0 Å². The fourth-order valence-corrected chi connectivity index (χ4v) is 1.95. The molecule has 1 rings (SSSR count). The summed E-state index contributed by atoms with van der Waals surface area (Å²) in [5.41, 5.74) is 0. The van der Waals surface area contributed by atoms with Gasteiger partial charge in [0.1, 0.15) is 0 Å². The van der Waals surface area contributed by atoms with Crippen molar-refractivity contribution in [3.8, 4) is 0 Å². The standard InChI is InChI=1S/C8H13NOS2/c1-12(10)6-4-9-7-8-3-2-5-11-8/h2-3,5,9H,4,6-7H2,1H3/t12-/m1/s1. The highest BCUT2D eigenvalue weighted by atomic mass is 32.2. The zero-order chi connectivity index (χ0) is 8.81. The number of hydrogen-bond donors (Lipinski definition) is 1. The molecule has 0 fully saturated rings. The van der Waals surface area contributed by atoms with Gasteiger partial charge in [-0.15, -0.1) is 11.3 Å². The van der Waals surface area contributed by atoms with Gasteiger partial charge in [-0.2, -0.15) is 0 Å². The molecular formula is C8H13NOS2. The van der Waals surface area contributed by atoms with Gasteiger partial charge >= 0.3 is 0 Å². The summed E-state index contributed by atoms with van der Waals surface area (Å²) in [6.45, 7) is 1.73. The van der Waals surface area contributed by atoms with Gasteiger partial charge in [-0.1, -0.05) is 6.07 Å². The van der Waals surface area contributed by atoms with Gasteiger partial charge in [0.05, 0.1) is 0 Å². The second-order valence-electron chi connectivity index (χ2n) is 2.53. The lowest BCUT2D eigenvalue weighted by molar-refractivity contribution is 0.678. The van der Waals surface area contributed by atoms with Gasteiger partial charge in [0.2, 0.25) is 0 Å². The highest BCUT2D eigenvalue weighted by Crippen LogP contribution is 2.06. The molecule has 0 spiro atoms. The van der Waals surface area contributed by atoms with E-state index >= 15 is 0 Å². The van der Waals surface area contributed by atoms with Gasteiger partial charge in [-0.25, -0.2) is 0 Å². The average Bonchev–Trinajstić information content (AvgIpc) is 2.49. The minimum Gasteiger partial charge on any atom is -0.311 e. The van der Waals surface area contributed by atoms with Gasteiger partial charge in [0.15, 0.2) is 0 Å². The fourth-order valence-electron chi connectivity index (χ4n) is 0.841. The smallest absolute Gasteiger partial charge is 0.0357 e. The third-order valence-electron chi connectivity index (χ3n) is 1.45. The van der Waals surface area contributed by atoms with Crippen LogP contribution in [-0.4, -0.2) is 22.8 Å². The monoisotopic (exact) mass is 203 g/mol. The summed E-state index contributed by atoms with van der Waals surface area (Å²) in [5, 5.41) is 5.30. The Hall–Kier alpha value is -0.190. The summed E-state index contributed by atoms with van der Waals surface area (Å²) in [7, 11) is -0.673. The molecule has 0 aliphatic carbocycles. The van der Waals surface area contributed by atoms with Crippen LogP contribution < -0.4 is 5.32 Å². The Labute approximate surface area is 79.5 Å². The first-order chi connectivity index (χ1) is 5.79. The summed E-state index contributed by atoms with van der Waals surface area (Å²) in [6.07, 6.45) is 1.73. The van der Waals surface area contributed by atoms with E-state index in [9.17, 15) is 4.21 Å². The minimum absolute atomic E-state index is 0.673. The van der Waals surface area contributed by atoms with Crippen LogP contribution in [0.2, 0.25) is 0 Å². The molecule has 0 radical (unpaired) electrons. The molecule has 0 saturated carbocycles. The molecule has 4 heteroatoms. The number of thiophene rings is 1. The predicted octanol–water partition coefficient (Wildman–Crippen LogP) is 1.22. The Morgan fingerprint density at radius 3 is 3.08 bits per heavy atom. The maximum Gasteiger partial charge on any atom is 0.0357 e. The number of hydrogen-bond acceptors (Lipinski definition) is 3. The summed E-state index contributed by atoms with van der Waals surface area (Å²) in [4.78, 5) is 1.33. The van der Waals surface area contributed by atoms with Crippen molar-refractivity contribution in [1.82, 2.24) is 5.32 Å². The van der Waals surface area contributed by atoms with Crippen LogP contribution in [0.1, 0.15) is 4.88 Å². The summed E-state index contributed by atoms with van der Waals surface area (Å²) < 4.78 is 10.7. The summed E-state index contributed by atoms with van der Waals surface area (Å²) in [5.74, 6) is 0.741. The Bertz CT molecular complexity index is 233. The van der Waals surface area contributed by atoms with E-state index in [4.69, 9.17) is 0 Å². The summed E-state index contributed by atoms with van der Waals surface area (Å²) in [6, 6.07) is 4.14. The molecule has 1 aromatic heterocycles. The van der Waals surface area contributed by atoms with E-state index in [1.165, 1.54) is 4.88 Å². The molecule has 0 saturated heterocycles. The maximum atomic E-state index is 10.7. The molecule has 1 atom stereocenters. The van der Waals surface area contributed by atoms with E-state index in [-0.39, 0.29) is 0 Å². The van der Waals surface area contributed by atoms with Crippen LogP contribution in [0.3, 0.4) is 0 Å². The number of nitrogens with one attached hydrogen (secondary N) is 1. The minimum atomic E-state index is -0.673. The van der Waals surface area contributed by atoms with Crippen LogP contribution in [0.25, 0.3) is 0 Å². The predicted molar refractivity (Wildman–Crippen MR) is 55.0 cm³/mol. The first kappa shape index (κ1) is 9.89. The van der Waals surface area contributed by atoms with E-state index in [2.05, 4.69) is 16.8 Å². The topological polar surface area (TPSA) is 29.1 Å². The lowest BCUT2D eigenvalue weighted by Gasteiger charge is -1.99. The molecule has 0 aliphatic heterocycles. The van der Waals surface area contributed by atoms with Crippen molar-refractivity contribution < 1.29 is 4.21 Å². The van der Waals surface area contributed by atoms with Crippen LogP contribution in [-0.2, 0) is 17.3 Å². The highest BCUT2D eigenvalue weighted by molar-refractivity contribution is 7.84. The quantitative estimate of drug-likeness (QED) is 0.729. The Kier molecular flexibility index (Phi) is 4.50. The van der Waals surface area contributed by atoms with Crippen LogP contribution in [0.4, 0.5) is 0 Å². The van der Waals surface area contributed by atoms with Crippen LogP contribution in [0.15, 0.2) is 17.5 Å². The van der Waals surface area contributed by atoms with Crippen molar-refractivity contribution in [2.75, 3.05) is 18.6 Å². The van der Waals surface area contributed by atoms with Crippen LogP contribution >= 0.6 is 11.3 Å². The maximum absolute atomic E-state index is 10.7. The van der Waals surface area contributed by atoms with Crippen molar-refractivity contribution in [2.24, 2.45) is 0 Å². The number of rotatable bonds is 5. The molecule has 68 valence electrons. The van der Waals surface area contributed by atoms with Gasteiger partial charge in [-0.3, -0.25) is 4.21 Å². The molecule has 0 bridgehead atoms. The van der Waals surface area contributed by atoms with Crippen molar-refractivity contribution in [3.63, 3.8) is 0 Å². The SMILES string of the molecule is C[S@@](=O)CCNCc1cccs1. The first-order valence-electron chi connectivity index (χ1n) is 3.82. The molecule has 1 aromatic rings. The van der Waals surface area contributed by atoms with Crippen molar-refractivity contribution in [2.45, 2.75) is 6.54 Å². The third kappa shape index (κ3) is 3.99. The van der Waals surface area contributed by atoms with Crippen molar-refractivity contribution in [3.05, 3.63) is 22.4 Å². The van der Waals surface area contributed by atoms with Gasteiger partial charge < -0.3 is 5.32 Å². The van der Waals surface area contributed by atoms with Gasteiger partial charge in [-0.05, 0) is 11.4 Å². The van der Waals surface area contributed by atoms with E-state index < -0.39 is 10.8 Å². The van der Waals surface area contributed by atoms with Crippen molar-refractivity contribution >= 4 is 22.1 Å². The van der Waals surface area contributed by atoms with Crippen LogP contribution in [0, 0.1) is 0 Å². The molecule has 1 heterocycles. The average molecular weight is 203 g/mol. The molecule has 0 amide bonds. The molecule has 1 N–H and O–H groups in total. The molecule has 12 heavy (non-hydrogen) atoms. The largest absolute Gasteiger partial charge is 0.311 e. The molecule has 0 unspecified atom stereocenters. The Balaban J connectivity index is 2.07. The first-order valence-corrected chi connectivity index (χ1v) is 6.43. The summed E-state index contributed by atoms with van der Waals surface area (Å²) >= 11 is 1.74. The molecule has 0 aliphatic rings. The second-order valence-corrected chi connectivity index (χ2v) is 5.12. The van der Waals surface area contributed by atoms with Gasteiger partial charge in [0.25, 0.3) is 0 Å². The molecule has 0 aromatic carbocycles. The fraction of sp³-hybridized carbons (Fsp3) is 0.500. The lowest BCUT2D eigenvalue weighted by Crippen LogP contribution is -2.18. The van der Waals surface area contributed by atoms with Crippen LogP contribution in [0.5, 0.6) is 0 Å². The Morgan fingerprint density at radius 1 is 1.67 bits per heavy atom.